The quantitative estimate of drug-likeness (QED) is 0.265. The van der Waals surface area contributed by atoms with Gasteiger partial charge in [0.1, 0.15) is 0 Å². The molecule has 1 aromatic rings. The summed E-state index contributed by atoms with van der Waals surface area (Å²) in [6.45, 7) is 0.780. The van der Waals surface area contributed by atoms with Gasteiger partial charge in [-0.05, 0) is 24.3 Å². The Morgan fingerprint density at radius 3 is 2.64 bits per heavy atom. The van der Waals surface area contributed by atoms with Gasteiger partial charge in [0.15, 0.2) is 5.96 Å². The zero-order chi connectivity index (χ0) is 10.2. The smallest absolute Gasteiger partial charge is 0.192 e. The molecule has 4 heteroatoms. The van der Waals surface area contributed by atoms with Gasteiger partial charge in [0, 0.05) is 12.2 Å². The standard InChI is InChI=1S/C10H15N3S/c11-10(12-7-4-8-14)13-9-5-2-1-3-6-9/h1-3,5-6,14H,4,7-8H2,(H3,11,12,13). The van der Waals surface area contributed by atoms with Crippen LogP contribution in [0, 0.1) is 5.41 Å². The van der Waals surface area contributed by atoms with Crippen LogP contribution in [0.15, 0.2) is 30.3 Å². The Labute approximate surface area is 89.8 Å². The fourth-order valence-electron chi connectivity index (χ4n) is 1.00. The van der Waals surface area contributed by atoms with Crippen LogP contribution in [0.1, 0.15) is 6.42 Å². The molecule has 14 heavy (non-hydrogen) atoms. The summed E-state index contributed by atoms with van der Waals surface area (Å²) < 4.78 is 0. The van der Waals surface area contributed by atoms with E-state index in [2.05, 4.69) is 23.3 Å². The van der Waals surface area contributed by atoms with Crippen molar-refractivity contribution in [1.82, 2.24) is 5.32 Å². The van der Waals surface area contributed by atoms with Crippen molar-refractivity contribution in [2.24, 2.45) is 0 Å². The van der Waals surface area contributed by atoms with E-state index in [1.165, 1.54) is 0 Å². The molecule has 0 aliphatic rings. The molecule has 0 spiro atoms. The van der Waals surface area contributed by atoms with Gasteiger partial charge >= 0.3 is 0 Å². The molecule has 0 heterocycles. The van der Waals surface area contributed by atoms with Crippen LogP contribution in [0.25, 0.3) is 0 Å². The van der Waals surface area contributed by atoms with E-state index in [0.717, 1.165) is 24.4 Å². The predicted molar refractivity (Wildman–Crippen MR) is 64.3 cm³/mol. The van der Waals surface area contributed by atoms with Crippen molar-refractivity contribution in [3.05, 3.63) is 30.3 Å². The fraction of sp³-hybridized carbons (Fsp3) is 0.300. The topological polar surface area (TPSA) is 47.9 Å². The molecule has 0 aromatic heterocycles. The number of anilines is 1. The average Bonchev–Trinajstić information content (AvgIpc) is 2.20. The number of nitrogens with one attached hydrogen (secondary N) is 3. The van der Waals surface area contributed by atoms with Gasteiger partial charge in [0.25, 0.3) is 0 Å². The fourth-order valence-corrected chi connectivity index (χ4v) is 1.16. The summed E-state index contributed by atoms with van der Waals surface area (Å²) in [6.07, 6.45) is 0.960. The average molecular weight is 209 g/mol. The number of hydrogen-bond donors (Lipinski definition) is 4. The molecule has 0 bridgehead atoms. The third-order valence-electron chi connectivity index (χ3n) is 1.68. The second-order valence-electron chi connectivity index (χ2n) is 2.87. The Morgan fingerprint density at radius 2 is 2.00 bits per heavy atom. The lowest BCUT2D eigenvalue weighted by atomic mass is 10.3. The first-order valence-electron chi connectivity index (χ1n) is 4.58. The highest BCUT2D eigenvalue weighted by Gasteiger charge is 1.94. The molecule has 0 fully saturated rings. The number of guanidine groups is 1. The molecule has 3 N–H and O–H groups in total. The summed E-state index contributed by atoms with van der Waals surface area (Å²) >= 11 is 4.09. The van der Waals surface area contributed by atoms with Gasteiger partial charge in [-0.2, -0.15) is 12.6 Å². The predicted octanol–water partition coefficient (Wildman–Crippen LogP) is 1.94. The van der Waals surface area contributed by atoms with E-state index in [1.807, 2.05) is 30.3 Å². The van der Waals surface area contributed by atoms with Crippen LogP contribution in [0.3, 0.4) is 0 Å². The zero-order valence-electron chi connectivity index (χ0n) is 7.96. The molecule has 0 atom stereocenters. The molecule has 3 nitrogen and oxygen atoms in total. The van der Waals surface area contributed by atoms with Crippen LogP contribution >= 0.6 is 12.6 Å². The van der Waals surface area contributed by atoms with Crippen molar-refractivity contribution in [3.63, 3.8) is 0 Å². The molecule has 0 amide bonds. The van der Waals surface area contributed by atoms with Gasteiger partial charge < -0.3 is 10.6 Å². The number of benzene rings is 1. The molecule has 76 valence electrons. The van der Waals surface area contributed by atoms with Crippen molar-refractivity contribution in [2.75, 3.05) is 17.6 Å². The van der Waals surface area contributed by atoms with Gasteiger partial charge in [0.05, 0.1) is 0 Å². The first-order valence-corrected chi connectivity index (χ1v) is 5.21. The molecule has 0 aliphatic heterocycles. The first-order chi connectivity index (χ1) is 6.83. The monoisotopic (exact) mass is 209 g/mol. The van der Waals surface area contributed by atoms with E-state index in [-0.39, 0.29) is 0 Å². The van der Waals surface area contributed by atoms with Gasteiger partial charge in [-0.1, -0.05) is 18.2 Å². The lowest BCUT2D eigenvalue weighted by molar-refractivity contribution is 0.843. The SMILES string of the molecule is N=C(NCCCS)Nc1ccccc1. The molecule has 1 rings (SSSR count). The van der Waals surface area contributed by atoms with Crippen LogP contribution in [0.4, 0.5) is 5.69 Å². The van der Waals surface area contributed by atoms with Gasteiger partial charge in [-0.3, -0.25) is 5.41 Å². The van der Waals surface area contributed by atoms with E-state index in [0.29, 0.717) is 5.96 Å². The second kappa shape index (κ2) is 6.32. The molecular weight excluding hydrogens is 194 g/mol. The number of hydrogen-bond acceptors (Lipinski definition) is 2. The van der Waals surface area contributed by atoms with Crippen molar-refractivity contribution in [1.29, 1.82) is 5.41 Å². The summed E-state index contributed by atoms with van der Waals surface area (Å²) in [4.78, 5) is 0. The van der Waals surface area contributed by atoms with E-state index in [4.69, 9.17) is 5.41 Å². The molecule has 0 radical (unpaired) electrons. The molecule has 0 unspecified atom stereocenters. The van der Waals surface area contributed by atoms with Crippen molar-refractivity contribution in [2.45, 2.75) is 6.42 Å². The number of rotatable bonds is 4. The Bertz CT molecular complexity index is 274. The lowest BCUT2D eigenvalue weighted by Gasteiger charge is -2.09. The Kier molecular flexibility index (Phi) is 4.93. The molecule has 0 saturated carbocycles. The summed E-state index contributed by atoms with van der Waals surface area (Å²) in [5.74, 6) is 1.17. The Balaban J connectivity index is 2.27. The van der Waals surface area contributed by atoms with Gasteiger partial charge in [0.2, 0.25) is 0 Å². The summed E-state index contributed by atoms with van der Waals surface area (Å²) in [6, 6.07) is 9.67. The third kappa shape index (κ3) is 4.18. The van der Waals surface area contributed by atoms with Crippen LogP contribution < -0.4 is 10.6 Å². The third-order valence-corrected chi connectivity index (χ3v) is 2.00. The summed E-state index contributed by atoms with van der Waals surface area (Å²) in [7, 11) is 0. The highest BCUT2D eigenvalue weighted by molar-refractivity contribution is 7.80. The number of thiol groups is 1. The van der Waals surface area contributed by atoms with E-state index < -0.39 is 0 Å². The van der Waals surface area contributed by atoms with E-state index in [9.17, 15) is 0 Å². The maximum Gasteiger partial charge on any atom is 0.192 e. The van der Waals surface area contributed by atoms with Crippen molar-refractivity contribution < 1.29 is 0 Å². The molecule has 0 aliphatic carbocycles. The summed E-state index contributed by atoms with van der Waals surface area (Å²) in [5, 5.41) is 13.5. The van der Waals surface area contributed by atoms with Crippen LogP contribution in [-0.4, -0.2) is 18.3 Å². The molecule has 0 saturated heterocycles. The molecular formula is C10H15N3S. The molecule has 1 aromatic carbocycles. The minimum Gasteiger partial charge on any atom is -0.356 e. The Hall–Kier alpha value is -1.16. The minimum atomic E-state index is 0.331. The number of para-hydroxylation sites is 1. The Morgan fingerprint density at radius 1 is 1.29 bits per heavy atom. The van der Waals surface area contributed by atoms with Gasteiger partial charge in [-0.25, -0.2) is 0 Å². The highest BCUT2D eigenvalue weighted by atomic mass is 32.1. The highest BCUT2D eigenvalue weighted by Crippen LogP contribution is 2.03. The normalized spacial score (nSPS) is 9.50. The van der Waals surface area contributed by atoms with Crippen molar-refractivity contribution >= 4 is 24.3 Å². The largest absolute Gasteiger partial charge is 0.356 e. The van der Waals surface area contributed by atoms with Gasteiger partial charge in [-0.15, -0.1) is 0 Å². The van der Waals surface area contributed by atoms with Crippen molar-refractivity contribution in [3.8, 4) is 0 Å². The zero-order valence-corrected chi connectivity index (χ0v) is 8.85. The van der Waals surface area contributed by atoms with E-state index in [1.54, 1.807) is 0 Å². The van der Waals surface area contributed by atoms with E-state index >= 15 is 0 Å². The maximum atomic E-state index is 7.56. The minimum absolute atomic E-state index is 0.331. The first kappa shape index (κ1) is 10.9. The maximum absolute atomic E-state index is 7.56. The van der Waals surface area contributed by atoms with Crippen LogP contribution in [-0.2, 0) is 0 Å². The lowest BCUT2D eigenvalue weighted by Crippen LogP contribution is -2.30. The second-order valence-corrected chi connectivity index (χ2v) is 3.32. The summed E-state index contributed by atoms with van der Waals surface area (Å²) in [5.41, 5.74) is 0.927. The van der Waals surface area contributed by atoms with Crippen LogP contribution in [0.2, 0.25) is 0 Å². The van der Waals surface area contributed by atoms with Crippen LogP contribution in [0.5, 0.6) is 0 Å².